The van der Waals surface area contributed by atoms with Crippen LogP contribution in [0.25, 0.3) is 10.8 Å². The molecule has 180 valence electrons. The van der Waals surface area contributed by atoms with Crippen LogP contribution >= 0.6 is 11.8 Å². The number of carbonyl (C=O) groups is 3. The number of hydrogen-bond donors (Lipinski definition) is 1. The van der Waals surface area contributed by atoms with Gasteiger partial charge in [0.15, 0.2) is 0 Å². The molecular weight excluding hydrogens is 464 g/mol. The molecule has 0 aromatic heterocycles. The standard InChI is InChI=1S/C27H26N2O5S/c30-14-13-29-23-25(32)28(19-10-9-17-6-1-2-7-18(17)16-19)12-5-11-27(23)22(24(29)31)21-20(35-27)8-3-4-15-34-26(21)33/h1-3,5-11,16,20-23,30H,4,12-15H2/t20-,21+,22-,23?,27-/m0/s1. The van der Waals surface area contributed by atoms with Gasteiger partial charge in [0, 0.05) is 24.0 Å². The van der Waals surface area contributed by atoms with E-state index in [1.807, 2.05) is 66.8 Å². The van der Waals surface area contributed by atoms with Gasteiger partial charge in [-0.3, -0.25) is 14.4 Å². The Kier molecular flexibility index (Phi) is 5.45. The summed E-state index contributed by atoms with van der Waals surface area (Å²) in [6.45, 7) is 0.418. The average Bonchev–Trinajstić information content (AvgIpc) is 3.22. The summed E-state index contributed by atoms with van der Waals surface area (Å²) in [5.74, 6) is -2.24. The number of rotatable bonds is 3. The molecule has 4 aliphatic heterocycles. The lowest BCUT2D eigenvalue weighted by atomic mass is 9.78. The highest BCUT2D eigenvalue weighted by Crippen LogP contribution is 2.60. The fourth-order valence-corrected chi connectivity index (χ4v) is 8.03. The molecule has 0 saturated carbocycles. The molecule has 7 nitrogen and oxygen atoms in total. The normalized spacial score (nSPS) is 32.1. The van der Waals surface area contributed by atoms with Gasteiger partial charge in [-0.2, -0.15) is 0 Å². The van der Waals surface area contributed by atoms with Crippen LogP contribution in [-0.4, -0.2) is 70.1 Å². The number of esters is 1. The van der Waals surface area contributed by atoms with Gasteiger partial charge in [0.1, 0.15) is 6.04 Å². The summed E-state index contributed by atoms with van der Waals surface area (Å²) in [5.41, 5.74) is 0.753. The Morgan fingerprint density at radius 2 is 1.89 bits per heavy atom. The average molecular weight is 491 g/mol. The van der Waals surface area contributed by atoms with E-state index in [0.717, 1.165) is 16.5 Å². The van der Waals surface area contributed by atoms with E-state index in [-0.39, 0.29) is 42.8 Å². The summed E-state index contributed by atoms with van der Waals surface area (Å²) >= 11 is 1.51. The quantitative estimate of drug-likeness (QED) is 0.526. The lowest BCUT2D eigenvalue weighted by Crippen LogP contribution is -2.53. The van der Waals surface area contributed by atoms with Gasteiger partial charge in [-0.05, 0) is 29.3 Å². The molecule has 2 aromatic rings. The summed E-state index contributed by atoms with van der Waals surface area (Å²) in [5, 5.41) is 11.6. The number of ether oxygens (including phenoxy) is 1. The van der Waals surface area contributed by atoms with Gasteiger partial charge in [0.25, 0.3) is 5.91 Å². The number of hydrogen-bond acceptors (Lipinski definition) is 6. The van der Waals surface area contributed by atoms with Crippen LogP contribution in [0.5, 0.6) is 0 Å². The van der Waals surface area contributed by atoms with Gasteiger partial charge in [0.2, 0.25) is 5.91 Å². The number of amides is 2. The van der Waals surface area contributed by atoms with E-state index in [1.165, 1.54) is 16.7 Å². The van der Waals surface area contributed by atoms with Gasteiger partial charge in [-0.25, -0.2) is 0 Å². The molecule has 1 N–H and O–H groups in total. The fourth-order valence-electron chi connectivity index (χ4n) is 6.03. The van der Waals surface area contributed by atoms with Crippen LogP contribution in [0.3, 0.4) is 0 Å². The molecule has 4 aliphatic rings. The predicted octanol–water partition coefficient (Wildman–Crippen LogP) is 2.54. The Morgan fingerprint density at radius 3 is 2.71 bits per heavy atom. The van der Waals surface area contributed by atoms with Crippen LogP contribution in [0.1, 0.15) is 6.42 Å². The third-order valence-corrected chi connectivity index (χ3v) is 9.25. The number of carbonyl (C=O) groups excluding carboxylic acids is 3. The van der Waals surface area contributed by atoms with Crippen molar-refractivity contribution in [2.75, 3.05) is 31.2 Å². The number of likely N-dealkylation sites (tertiary alicyclic amines) is 1. The van der Waals surface area contributed by atoms with Crippen molar-refractivity contribution in [2.24, 2.45) is 11.8 Å². The van der Waals surface area contributed by atoms with Crippen molar-refractivity contribution < 1.29 is 24.2 Å². The first-order valence-electron chi connectivity index (χ1n) is 12.0. The van der Waals surface area contributed by atoms with Gasteiger partial charge < -0.3 is 19.6 Å². The van der Waals surface area contributed by atoms with Crippen LogP contribution in [0, 0.1) is 11.8 Å². The van der Waals surface area contributed by atoms with E-state index >= 15 is 0 Å². The smallest absolute Gasteiger partial charge is 0.311 e. The molecule has 2 amide bonds. The van der Waals surface area contributed by atoms with Crippen molar-refractivity contribution in [3.8, 4) is 0 Å². The zero-order valence-corrected chi connectivity index (χ0v) is 19.9. The highest BCUT2D eigenvalue weighted by atomic mass is 32.2. The van der Waals surface area contributed by atoms with Crippen LogP contribution < -0.4 is 4.90 Å². The zero-order valence-electron chi connectivity index (χ0n) is 19.1. The SMILES string of the molecule is O=C1OCCC=C[C@@H]2S[C@]34C=CCN(c5ccc6ccccc6c5)C(=O)C3N(CCO)C(=O)[C@@H]4[C@H]12. The fraction of sp³-hybridized carbons (Fsp3) is 0.370. The van der Waals surface area contributed by atoms with Gasteiger partial charge in [-0.1, -0.05) is 54.6 Å². The zero-order chi connectivity index (χ0) is 24.2. The molecule has 6 rings (SSSR count). The minimum atomic E-state index is -0.905. The number of fused-ring (bicyclic) bond motifs is 3. The molecule has 35 heavy (non-hydrogen) atoms. The van der Waals surface area contributed by atoms with Crippen molar-refractivity contribution in [1.29, 1.82) is 0 Å². The Morgan fingerprint density at radius 1 is 1.06 bits per heavy atom. The Bertz CT molecular complexity index is 1280. The van der Waals surface area contributed by atoms with Crippen LogP contribution in [0.15, 0.2) is 66.8 Å². The first-order chi connectivity index (χ1) is 17.0. The summed E-state index contributed by atoms with van der Waals surface area (Å²) in [4.78, 5) is 44.2. The van der Waals surface area contributed by atoms with Crippen molar-refractivity contribution >= 4 is 46.0 Å². The molecule has 1 unspecified atom stereocenters. The minimum Gasteiger partial charge on any atom is -0.465 e. The van der Waals surface area contributed by atoms with Gasteiger partial charge >= 0.3 is 5.97 Å². The van der Waals surface area contributed by atoms with Crippen molar-refractivity contribution in [3.05, 3.63) is 66.8 Å². The summed E-state index contributed by atoms with van der Waals surface area (Å²) in [6.07, 6.45) is 8.52. The molecule has 2 fully saturated rings. The first kappa shape index (κ1) is 22.4. The number of thioether (sulfide) groups is 1. The lowest BCUT2D eigenvalue weighted by molar-refractivity contribution is -0.153. The molecule has 1 spiro atoms. The van der Waals surface area contributed by atoms with Gasteiger partial charge in [0.05, 0.1) is 29.8 Å². The predicted molar refractivity (Wildman–Crippen MR) is 134 cm³/mol. The highest BCUT2D eigenvalue weighted by molar-refractivity contribution is 8.02. The number of anilines is 1. The molecule has 0 bridgehead atoms. The lowest BCUT2D eigenvalue weighted by Gasteiger charge is -2.35. The van der Waals surface area contributed by atoms with Crippen molar-refractivity contribution in [3.63, 3.8) is 0 Å². The van der Waals surface area contributed by atoms with E-state index in [2.05, 4.69) is 0 Å². The molecule has 0 radical (unpaired) electrons. The number of aliphatic hydroxyl groups is 1. The number of cyclic esters (lactones) is 1. The van der Waals surface area contributed by atoms with Crippen LogP contribution in [0.4, 0.5) is 5.69 Å². The maximum absolute atomic E-state index is 14.2. The maximum atomic E-state index is 14.2. The molecule has 5 atom stereocenters. The van der Waals surface area contributed by atoms with E-state index in [1.54, 1.807) is 4.90 Å². The van der Waals surface area contributed by atoms with E-state index in [4.69, 9.17) is 4.74 Å². The van der Waals surface area contributed by atoms with Crippen LogP contribution in [-0.2, 0) is 19.1 Å². The number of aliphatic hydroxyl groups excluding tert-OH is 1. The number of benzene rings is 2. The number of β-amino-alcohol motifs (C(OH)–C–C–N with tert-alkyl or cyclic N) is 1. The molecular formula is C27H26N2O5S. The molecule has 4 heterocycles. The number of nitrogens with zero attached hydrogens (tertiary/aromatic N) is 2. The van der Waals surface area contributed by atoms with Gasteiger partial charge in [-0.15, -0.1) is 11.8 Å². The molecule has 0 aliphatic carbocycles. The molecule has 8 heteroatoms. The Labute approximate surface area is 207 Å². The van der Waals surface area contributed by atoms with E-state index in [0.29, 0.717) is 13.0 Å². The van der Waals surface area contributed by atoms with Crippen molar-refractivity contribution in [2.45, 2.75) is 22.5 Å². The second-order valence-corrected chi connectivity index (χ2v) is 10.9. The second kappa shape index (κ2) is 8.53. The summed E-state index contributed by atoms with van der Waals surface area (Å²) < 4.78 is 4.57. The van der Waals surface area contributed by atoms with E-state index < -0.39 is 22.6 Å². The van der Waals surface area contributed by atoms with E-state index in [9.17, 15) is 19.5 Å². The second-order valence-electron chi connectivity index (χ2n) is 9.36. The summed E-state index contributed by atoms with van der Waals surface area (Å²) in [7, 11) is 0. The van der Waals surface area contributed by atoms with Crippen LogP contribution in [0.2, 0.25) is 0 Å². The molecule has 2 aromatic carbocycles. The summed E-state index contributed by atoms with van der Waals surface area (Å²) in [6, 6.07) is 13.0. The Balaban J connectivity index is 1.45. The monoisotopic (exact) mass is 490 g/mol. The highest BCUT2D eigenvalue weighted by Gasteiger charge is 2.70. The Hall–Kier alpha value is -3.10. The first-order valence-corrected chi connectivity index (χ1v) is 12.8. The third kappa shape index (κ3) is 3.34. The maximum Gasteiger partial charge on any atom is 0.311 e. The minimum absolute atomic E-state index is 0.0374. The topological polar surface area (TPSA) is 87.2 Å². The van der Waals surface area contributed by atoms with Crippen molar-refractivity contribution in [1.82, 2.24) is 4.90 Å². The third-order valence-electron chi connectivity index (χ3n) is 7.51. The molecule has 2 saturated heterocycles. The largest absolute Gasteiger partial charge is 0.465 e.